The van der Waals surface area contributed by atoms with Crippen molar-refractivity contribution in [3.63, 3.8) is 0 Å². The maximum absolute atomic E-state index is 5.98. The van der Waals surface area contributed by atoms with Gasteiger partial charge in [-0.2, -0.15) is 0 Å². The van der Waals surface area contributed by atoms with E-state index < -0.39 is 0 Å². The summed E-state index contributed by atoms with van der Waals surface area (Å²) in [6, 6.07) is 7.70. The quantitative estimate of drug-likeness (QED) is 0.780. The Hall–Kier alpha value is -1.29. The molecule has 0 spiro atoms. The van der Waals surface area contributed by atoms with Crippen molar-refractivity contribution >= 4 is 28.1 Å². The lowest BCUT2D eigenvalue weighted by Crippen LogP contribution is -2.19. The first-order valence-corrected chi connectivity index (χ1v) is 7.14. The van der Waals surface area contributed by atoms with E-state index in [1.807, 2.05) is 24.3 Å². The second kappa shape index (κ2) is 7.48. The predicted molar refractivity (Wildman–Crippen MR) is 84.2 cm³/mol. The van der Waals surface area contributed by atoms with Crippen LogP contribution in [0.2, 0.25) is 5.02 Å². The number of nitrogens with one attached hydrogen (secondary N) is 1. The van der Waals surface area contributed by atoms with Crippen molar-refractivity contribution < 1.29 is 9.15 Å². The van der Waals surface area contributed by atoms with Crippen LogP contribution in [-0.2, 0) is 4.74 Å². The van der Waals surface area contributed by atoms with Gasteiger partial charge < -0.3 is 14.5 Å². The third kappa shape index (κ3) is 4.10. The van der Waals surface area contributed by atoms with Crippen molar-refractivity contribution in [3.05, 3.63) is 41.1 Å². The van der Waals surface area contributed by atoms with Crippen molar-refractivity contribution in [3.8, 4) is 0 Å². The Bertz CT molecular complexity index is 589. The number of ether oxygens (including phenoxy) is 1. The number of allylic oxidation sites excluding steroid dienone is 1. The lowest BCUT2D eigenvalue weighted by atomic mass is 10.2. The molecule has 0 unspecified atom stereocenters. The van der Waals surface area contributed by atoms with Gasteiger partial charge in [0.2, 0.25) is 0 Å². The number of fused-ring (bicyclic) bond motifs is 1. The highest BCUT2D eigenvalue weighted by molar-refractivity contribution is 6.31. The highest BCUT2D eigenvalue weighted by Gasteiger charge is 2.05. The van der Waals surface area contributed by atoms with Gasteiger partial charge in [-0.25, -0.2) is 0 Å². The zero-order chi connectivity index (χ0) is 14.4. The van der Waals surface area contributed by atoms with Gasteiger partial charge in [-0.3, -0.25) is 0 Å². The van der Waals surface area contributed by atoms with Gasteiger partial charge in [0, 0.05) is 24.1 Å². The van der Waals surface area contributed by atoms with E-state index in [0.717, 1.165) is 53.4 Å². The number of furan rings is 1. The molecular weight excluding hydrogens is 274 g/mol. The maximum Gasteiger partial charge on any atom is 0.134 e. The van der Waals surface area contributed by atoms with Gasteiger partial charge in [-0.15, -0.1) is 0 Å². The Labute approximate surface area is 124 Å². The van der Waals surface area contributed by atoms with E-state index in [4.69, 9.17) is 20.8 Å². The zero-order valence-electron chi connectivity index (χ0n) is 11.9. The molecule has 0 amide bonds. The summed E-state index contributed by atoms with van der Waals surface area (Å²) in [6.45, 7) is 4.63. The number of halogens is 1. The van der Waals surface area contributed by atoms with Gasteiger partial charge in [-0.1, -0.05) is 17.7 Å². The van der Waals surface area contributed by atoms with Crippen molar-refractivity contribution in [2.24, 2.45) is 0 Å². The Morgan fingerprint density at radius 3 is 3.00 bits per heavy atom. The molecular formula is C16H20ClNO2. The highest BCUT2D eigenvalue weighted by atomic mass is 35.5. The van der Waals surface area contributed by atoms with E-state index in [1.54, 1.807) is 7.11 Å². The smallest absolute Gasteiger partial charge is 0.134 e. The minimum Gasteiger partial charge on any atom is -0.456 e. The van der Waals surface area contributed by atoms with Crippen LogP contribution in [0.25, 0.3) is 16.5 Å². The topological polar surface area (TPSA) is 34.4 Å². The molecule has 0 saturated carbocycles. The van der Waals surface area contributed by atoms with E-state index in [9.17, 15) is 0 Å². The Kier molecular flexibility index (Phi) is 5.65. The van der Waals surface area contributed by atoms with Gasteiger partial charge in [0.15, 0.2) is 0 Å². The fraction of sp³-hybridized carbons (Fsp3) is 0.375. The first-order valence-electron chi connectivity index (χ1n) is 6.76. The fourth-order valence-corrected chi connectivity index (χ4v) is 2.18. The van der Waals surface area contributed by atoms with E-state index in [0.29, 0.717) is 0 Å². The molecule has 2 rings (SSSR count). The molecule has 3 nitrogen and oxygen atoms in total. The van der Waals surface area contributed by atoms with Crippen LogP contribution < -0.4 is 5.32 Å². The van der Waals surface area contributed by atoms with Gasteiger partial charge in [0.1, 0.15) is 11.3 Å². The standard InChI is InChI=1S/C16H20ClNO2/c1-12(4-3-7-18-8-9-19-2)16-11-13-10-14(17)5-6-15(13)20-16/h4-6,10-11,18H,3,7-9H2,1-2H3/b12-4-. The second-order valence-corrected chi connectivity index (χ2v) is 5.15. The van der Waals surface area contributed by atoms with Crippen molar-refractivity contribution in [1.29, 1.82) is 0 Å². The van der Waals surface area contributed by atoms with Crippen LogP contribution in [0.3, 0.4) is 0 Å². The monoisotopic (exact) mass is 293 g/mol. The second-order valence-electron chi connectivity index (χ2n) is 4.71. The molecule has 0 radical (unpaired) electrons. The largest absolute Gasteiger partial charge is 0.456 e. The van der Waals surface area contributed by atoms with E-state index >= 15 is 0 Å². The number of rotatable bonds is 7. The summed E-state index contributed by atoms with van der Waals surface area (Å²) in [4.78, 5) is 0. The first kappa shape index (κ1) is 15.1. The molecule has 1 heterocycles. The lowest BCUT2D eigenvalue weighted by Gasteiger charge is -2.01. The molecule has 0 saturated heterocycles. The van der Waals surface area contributed by atoms with Gasteiger partial charge >= 0.3 is 0 Å². The molecule has 108 valence electrons. The lowest BCUT2D eigenvalue weighted by molar-refractivity contribution is 0.199. The van der Waals surface area contributed by atoms with Crippen LogP contribution in [0.15, 0.2) is 34.8 Å². The average molecular weight is 294 g/mol. The molecule has 1 aromatic heterocycles. The molecule has 4 heteroatoms. The SMILES string of the molecule is COCCNCC/C=C(/C)c1cc2cc(Cl)ccc2o1. The summed E-state index contributed by atoms with van der Waals surface area (Å²) in [5.74, 6) is 0.902. The Morgan fingerprint density at radius 1 is 1.35 bits per heavy atom. The summed E-state index contributed by atoms with van der Waals surface area (Å²) in [5.41, 5.74) is 2.02. The minimum atomic E-state index is 0.730. The molecule has 0 fully saturated rings. The fourth-order valence-electron chi connectivity index (χ4n) is 2.00. The first-order chi connectivity index (χ1) is 9.70. The maximum atomic E-state index is 5.98. The minimum absolute atomic E-state index is 0.730. The highest BCUT2D eigenvalue weighted by Crippen LogP contribution is 2.26. The summed E-state index contributed by atoms with van der Waals surface area (Å²) >= 11 is 5.98. The molecule has 1 aromatic carbocycles. The molecule has 2 aromatic rings. The van der Waals surface area contributed by atoms with Crippen molar-refractivity contribution in [2.75, 3.05) is 26.8 Å². The molecule has 0 bridgehead atoms. The zero-order valence-corrected chi connectivity index (χ0v) is 12.7. The Balaban J connectivity index is 1.94. The predicted octanol–water partition coefficient (Wildman–Crippen LogP) is 4.12. The molecule has 0 aliphatic rings. The summed E-state index contributed by atoms with van der Waals surface area (Å²) in [5, 5.41) is 5.08. The van der Waals surface area contributed by atoms with Crippen molar-refractivity contribution in [2.45, 2.75) is 13.3 Å². The summed E-state index contributed by atoms with van der Waals surface area (Å²) in [6.07, 6.45) is 3.15. The van der Waals surface area contributed by atoms with Crippen molar-refractivity contribution in [1.82, 2.24) is 5.32 Å². The van der Waals surface area contributed by atoms with E-state index in [2.05, 4.69) is 18.3 Å². The van der Waals surface area contributed by atoms with Crippen LogP contribution in [0.4, 0.5) is 0 Å². The van der Waals surface area contributed by atoms with Crippen LogP contribution in [0, 0.1) is 0 Å². The number of methoxy groups -OCH3 is 1. The Morgan fingerprint density at radius 2 is 2.20 bits per heavy atom. The number of hydrogen-bond donors (Lipinski definition) is 1. The van der Waals surface area contributed by atoms with Gasteiger partial charge in [0.25, 0.3) is 0 Å². The third-order valence-electron chi connectivity index (χ3n) is 3.12. The van der Waals surface area contributed by atoms with Crippen LogP contribution >= 0.6 is 11.6 Å². The molecule has 1 N–H and O–H groups in total. The number of hydrogen-bond acceptors (Lipinski definition) is 3. The average Bonchev–Trinajstić information content (AvgIpc) is 2.85. The molecule has 0 aliphatic carbocycles. The van der Waals surface area contributed by atoms with Gasteiger partial charge in [0.05, 0.1) is 6.61 Å². The normalized spacial score (nSPS) is 12.2. The summed E-state index contributed by atoms with van der Waals surface area (Å²) < 4.78 is 10.8. The summed E-state index contributed by atoms with van der Waals surface area (Å²) in [7, 11) is 1.71. The van der Waals surface area contributed by atoms with Crippen LogP contribution in [0.1, 0.15) is 19.1 Å². The van der Waals surface area contributed by atoms with Crippen LogP contribution in [-0.4, -0.2) is 26.8 Å². The molecule has 20 heavy (non-hydrogen) atoms. The van der Waals surface area contributed by atoms with Gasteiger partial charge in [-0.05, 0) is 49.7 Å². The van der Waals surface area contributed by atoms with E-state index in [1.165, 1.54) is 0 Å². The number of benzene rings is 1. The van der Waals surface area contributed by atoms with Crippen LogP contribution in [0.5, 0.6) is 0 Å². The van der Waals surface area contributed by atoms with E-state index in [-0.39, 0.29) is 0 Å². The molecule has 0 atom stereocenters. The third-order valence-corrected chi connectivity index (χ3v) is 3.36. The molecule has 0 aliphatic heterocycles.